The SMILES string of the molecule is C[C@H]1NC(=O)[C@H](CCCCN)NC(=O)CCSCc2cccc(c2)CSC[C@@H](C(N)=O)NC(=O)[C@]2(C)CCCN2C(=O)[C@H](Cc2ccc(O)cc2)NC(=O)[C@H]([C@@H](C)O)NC(=O)[C@@H]2CCCN2C(=O)[C@H](Cc2c[nH]c3ccc(F)cc23)NC(=O)[C@H](Cc2c[nH]c3ccc(F)cc23)NC1=O. The van der Waals surface area contributed by atoms with E-state index in [-0.39, 0.29) is 76.0 Å². The van der Waals surface area contributed by atoms with E-state index in [0.717, 1.165) is 11.1 Å². The van der Waals surface area contributed by atoms with Crippen molar-refractivity contribution in [2.24, 2.45) is 11.5 Å². The van der Waals surface area contributed by atoms with E-state index >= 15 is 14.4 Å². The van der Waals surface area contributed by atoms with E-state index in [4.69, 9.17) is 11.5 Å². The average molecular weight is 1390 g/mol. The van der Waals surface area contributed by atoms with Gasteiger partial charge in [-0.3, -0.25) is 47.9 Å². The number of halogens is 2. The van der Waals surface area contributed by atoms with Crippen molar-refractivity contribution in [2.45, 2.75) is 163 Å². The Balaban J connectivity index is 1.04. The van der Waals surface area contributed by atoms with Gasteiger partial charge in [-0.15, -0.1) is 0 Å². The lowest BCUT2D eigenvalue weighted by atomic mass is 9.95. The number of hydrogen-bond donors (Lipinski definition) is 13. The number of aromatic amines is 2. The van der Waals surface area contributed by atoms with Crippen LogP contribution in [0.15, 0.2) is 97.3 Å². The molecule has 10 atom stereocenters. The number of amides is 10. The molecule has 10 amide bonds. The number of nitrogens with two attached hydrogens (primary N) is 2. The maximum absolute atomic E-state index is 15.4. The van der Waals surface area contributed by atoms with Crippen LogP contribution in [0.5, 0.6) is 5.75 Å². The monoisotopic (exact) mass is 1390 g/mol. The van der Waals surface area contributed by atoms with Crippen LogP contribution in [0.3, 0.4) is 0 Å². The summed E-state index contributed by atoms with van der Waals surface area (Å²) in [7, 11) is 0. The van der Waals surface area contributed by atoms with E-state index < -0.39 is 131 Å². The van der Waals surface area contributed by atoms with Crippen molar-refractivity contribution in [2.75, 3.05) is 31.1 Å². The molecule has 524 valence electrons. The van der Waals surface area contributed by atoms with Gasteiger partial charge in [0, 0.05) is 96.0 Å². The molecule has 0 saturated carbocycles. The summed E-state index contributed by atoms with van der Waals surface area (Å²) >= 11 is 2.82. The van der Waals surface area contributed by atoms with Crippen LogP contribution in [0.1, 0.15) is 100.0 Å². The lowest BCUT2D eigenvalue weighted by Gasteiger charge is -2.37. The quantitative estimate of drug-likeness (QED) is 0.0784. The van der Waals surface area contributed by atoms with Crippen molar-refractivity contribution in [3.63, 3.8) is 0 Å². The van der Waals surface area contributed by atoms with E-state index in [1.165, 1.54) is 120 Å². The Kier molecular flexibility index (Phi) is 25.0. The van der Waals surface area contributed by atoms with Crippen LogP contribution in [0.2, 0.25) is 0 Å². The van der Waals surface area contributed by atoms with Gasteiger partial charge in [-0.25, -0.2) is 8.78 Å². The summed E-state index contributed by atoms with van der Waals surface area (Å²) in [6.07, 6.45) is 2.57. The molecule has 2 fully saturated rings. The largest absolute Gasteiger partial charge is 0.508 e. The van der Waals surface area contributed by atoms with Gasteiger partial charge in [0.15, 0.2) is 0 Å². The molecule has 15 N–H and O–H groups in total. The Hall–Kier alpha value is -9.06. The smallest absolute Gasteiger partial charge is 0.246 e. The number of phenols is 1. The first kappa shape index (κ1) is 73.2. The van der Waals surface area contributed by atoms with Gasteiger partial charge in [-0.1, -0.05) is 36.4 Å². The van der Waals surface area contributed by atoms with Gasteiger partial charge in [-0.05, 0) is 149 Å². The summed E-state index contributed by atoms with van der Waals surface area (Å²) < 4.78 is 29.9. The highest BCUT2D eigenvalue weighted by Crippen LogP contribution is 2.32. The third-order valence-corrected chi connectivity index (χ3v) is 20.3. The van der Waals surface area contributed by atoms with Crippen LogP contribution in [-0.2, 0) is 78.7 Å². The Labute approximate surface area is 573 Å². The Morgan fingerprint density at radius 2 is 1.29 bits per heavy atom. The number of fused-ring (bicyclic) bond motifs is 6. The number of hydrogen-bond acceptors (Lipinski definition) is 15. The minimum absolute atomic E-state index is 0.0292. The topological polar surface area (TPSA) is 385 Å². The highest BCUT2D eigenvalue weighted by atomic mass is 32.2. The summed E-state index contributed by atoms with van der Waals surface area (Å²) in [5.41, 5.74) is 14.2. The number of aliphatic hydroxyl groups excluding tert-OH is 1. The van der Waals surface area contributed by atoms with E-state index in [0.29, 0.717) is 81.6 Å². The summed E-state index contributed by atoms with van der Waals surface area (Å²) in [6, 6.07) is 10.2. The van der Waals surface area contributed by atoms with Crippen molar-refractivity contribution >= 4 is 104 Å². The number of H-pyrrole nitrogens is 2. The second kappa shape index (κ2) is 33.5. The molecule has 0 spiro atoms. The maximum atomic E-state index is 15.4. The number of unbranched alkanes of at least 4 members (excludes halogenated alkanes) is 1. The molecule has 3 aliphatic heterocycles. The van der Waals surface area contributed by atoms with Gasteiger partial charge in [0.25, 0.3) is 0 Å². The Morgan fingerprint density at radius 1 is 0.673 bits per heavy atom. The van der Waals surface area contributed by atoms with Crippen LogP contribution in [0.25, 0.3) is 21.8 Å². The summed E-state index contributed by atoms with van der Waals surface area (Å²) in [6.45, 7) is 4.47. The van der Waals surface area contributed by atoms with Crippen molar-refractivity contribution in [1.82, 2.24) is 57.0 Å². The van der Waals surface area contributed by atoms with Gasteiger partial charge in [0.1, 0.15) is 71.3 Å². The second-order valence-electron chi connectivity index (χ2n) is 25.5. The van der Waals surface area contributed by atoms with Gasteiger partial charge in [0.05, 0.1) is 6.10 Å². The average Bonchev–Trinajstić information content (AvgIpc) is 1.59. The van der Waals surface area contributed by atoms with Crippen molar-refractivity contribution in [1.29, 1.82) is 0 Å². The highest BCUT2D eigenvalue weighted by molar-refractivity contribution is 7.98. The molecule has 5 heterocycles. The third-order valence-electron chi connectivity index (χ3n) is 18.1. The van der Waals surface area contributed by atoms with E-state index in [1.54, 1.807) is 6.92 Å². The summed E-state index contributed by atoms with van der Waals surface area (Å²) in [5.74, 6) is -7.77. The molecule has 0 radical (unpaired) electrons. The molecule has 25 nitrogen and oxygen atoms in total. The number of thioether (sulfide) groups is 2. The van der Waals surface area contributed by atoms with E-state index in [1.807, 2.05) is 24.3 Å². The molecule has 98 heavy (non-hydrogen) atoms. The fourth-order valence-electron chi connectivity index (χ4n) is 12.7. The predicted octanol–water partition coefficient (Wildman–Crippen LogP) is 3.01. The summed E-state index contributed by atoms with van der Waals surface area (Å²) in [5, 5.41) is 41.3. The van der Waals surface area contributed by atoms with Crippen LogP contribution >= 0.6 is 23.5 Å². The van der Waals surface area contributed by atoms with Gasteiger partial charge in [-0.2, -0.15) is 23.5 Å². The minimum Gasteiger partial charge on any atom is -0.508 e. The zero-order valence-corrected chi connectivity index (χ0v) is 56.4. The molecule has 29 heteroatoms. The number of carbonyl (C=O) groups excluding carboxylic acids is 10. The number of nitrogens with one attached hydrogen (secondary N) is 9. The lowest BCUT2D eigenvalue weighted by Crippen LogP contribution is -2.64. The molecule has 2 aromatic heterocycles. The number of aromatic hydroxyl groups is 1. The van der Waals surface area contributed by atoms with Crippen LogP contribution in [-0.4, -0.2) is 180 Å². The van der Waals surface area contributed by atoms with Crippen molar-refractivity contribution in [3.8, 4) is 5.75 Å². The standard InChI is InChI=1S/C69H85F2N13O12S2/c1-38-61(89)78-53(29-43-33-74-50-19-15-45(70)31-48(43)50)63(91)79-55(30-44-34-75-51-20-16-46(71)32-49(44)51)66(94)83-24-7-12-57(83)64(92)82-59(39(2)85)65(93)80-54(28-40-13-17-47(86)18-14-40)67(95)84-25-8-22-69(84,3)68(96)81-56(60(73)88)37-98-36-42-10-6-9-41(27-42)35-97-26-21-58(87)77-52(62(90)76-38)11-4-5-23-72/h6,9-10,13-20,27,31-34,38-39,52-57,59,74-75,85-86H,4-5,7-8,11-12,21-26,28-30,35-37,72H2,1-3H3,(H2,73,88)(H,76,90)(H,77,87)(H,78,89)(H,79,91)(H,80,93)(H,81,96)(H,82,92)/t38-,39-,52+,53+,54+,55+,56+,57+,59+,69+/m1/s1. The first-order chi connectivity index (χ1) is 46.9. The second-order valence-corrected chi connectivity index (χ2v) is 27.6. The number of aliphatic hydroxyl groups is 1. The molecule has 0 unspecified atom stereocenters. The van der Waals surface area contributed by atoms with E-state index in [2.05, 4.69) is 47.2 Å². The molecule has 3 aliphatic rings. The fourth-order valence-corrected chi connectivity index (χ4v) is 14.6. The first-order valence-electron chi connectivity index (χ1n) is 32.8. The van der Waals surface area contributed by atoms with Gasteiger partial charge >= 0.3 is 0 Å². The molecule has 9 rings (SSSR count). The van der Waals surface area contributed by atoms with Crippen LogP contribution in [0, 0.1) is 11.6 Å². The van der Waals surface area contributed by atoms with Gasteiger partial charge in [0.2, 0.25) is 59.1 Å². The molecule has 0 aliphatic carbocycles. The zero-order chi connectivity index (χ0) is 70.4. The molecular weight excluding hydrogens is 1300 g/mol. The summed E-state index contributed by atoms with van der Waals surface area (Å²) in [4.78, 5) is 153. The zero-order valence-electron chi connectivity index (χ0n) is 54.8. The third kappa shape index (κ3) is 18.6. The normalized spacial score (nSPS) is 24.9. The Morgan fingerprint density at radius 3 is 1.93 bits per heavy atom. The molecule has 2 bridgehead atoms. The van der Waals surface area contributed by atoms with Crippen LogP contribution < -0.4 is 48.7 Å². The molecular formula is C69H85F2N13O12S2. The number of aromatic nitrogens is 2. The molecule has 2 saturated heterocycles. The lowest BCUT2D eigenvalue weighted by molar-refractivity contribution is -0.147. The number of phenolic OH excluding ortho intramolecular Hbond substituents is 1. The van der Waals surface area contributed by atoms with Crippen molar-refractivity contribution in [3.05, 3.63) is 137 Å². The minimum atomic E-state index is -1.77. The molecule has 6 aromatic rings. The molecule has 4 aromatic carbocycles. The highest BCUT2D eigenvalue weighted by Gasteiger charge is 2.49. The van der Waals surface area contributed by atoms with E-state index in [9.17, 15) is 52.6 Å². The van der Waals surface area contributed by atoms with Crippen LogP contribution in [0.4, 0.5) is 8.78 Å². The van der Waals surface area contributed by atoms with Crippen molar-refractivity contribution < 1.29 is 66.9 Å². The number of benzene rings is 4. The fraction of sp³-hybridized carbons (Fsp3) is 0.449. The maximum Gasteiger partial charge on any atom is 0.246 e. The number of rotatable bonds is 12. The van der Waals surface area contributed by atoms with Gasteiger partial charge < -0.3 is 78.7 Å². The number of nitrogens with zero attached hydrogens (tertiary/aromatic N) is 2. The first-order valence-corrected chi connectivity index (χ1v) is 35.1. The number of primary amides is 1. The predicted molar refractivity (Wildman–Crippen MR) is 366 cm³/mol. The Bertz CT molecular complexity index is 3910. The number of carbonyl (C=O) groups is 10.